The summed E-state index contributed by atoms with van der Waals surface area (Å²) in [5.41, 5.74) is 3.42. The van der Waals surface area contributed by atoms with Crippen molar-refractivity contribution in [1.82, 2.24) is 4.98 Å². The SMILES string of the molecule is [C-]#[N+]c1ccc(Nc2c(C(=O)OCC)oc3cnccc23)c(CC)c1. The minimum absolute atomic E-state index is 0.112. The van der Waals surface area contributed by atoms with E-state index < -0.39 is 5.97 Å². The summed E-state index contributed by atoms with van der Waals surface area (Å²) in [7, 11) is 0. The summed E-state index contributed by atoms with van der Waals surface area (Å²) in [4.78, 5) is 19.8. The number of ether oxygens (including phenoxy) is 1. The van der Waals surface area contributed by atoms with Crippen LogP contribution < -0.4 is 5.32 Å². The van der Waals surface area contributed by atoms with Gasteiger partial charge >= 0.3 is 5.97 Å². The van der Waals surface area contributed by atoms with Gasteiger partial charge in [0.15, 0.2) is 11.3 Å². The van der Waals surface area contributed by atoms with Crippen LogP contribution in [-0.2, 0) is 11.2 Å². The van der Waals surface area contributed by atoms with Crippen molar-refractivity contribution in [2.75, 3.05) is 11.9 Å². The Hall–Kier alpha value is -3.33. The molecule has 0 aliphatic heterocycles. The Morgan fingerprint density at radius 3 is 2.92 bits per heavy atom. The van der Waals surface area contributed by atoms with Gasteiger partial charge in [0.05, 0.1) is 19.4 Å². The molecule has 126 valence electrons. The highest BCUT2D eigenvalue weighted by Gasteiger charge is 2.22. The van der Waals surface area contributed by atoms with Crippen LogP contribution in [0.15, 0.2) is 41.1 Å². The van der Waals surface area contributed by atoms with Crippen LogP contribution in [0.5, 0.6) is 0 Å². The van der Waals surface area contributed by atoms with Gasteiger partial charge in [-0.1, -0.05) is 19.1 Å². The lowest BCUT2D eigenvalue weighted by Gasteiger charge is -2.12. The Balaban J connectivity index is 2.10. The lowest BCUT2D eigenvalue weighted by molar-refractivity contribution is 0.0494. The summed E-state index contributed by atoms with van der Waals surface area (Å²) in [5, 5.41) is 4.03. The second-order valence-corrected chi connectivity index (χ2v) is 5.33. The molecule has 3 rings (SSSR count). The standard InChI is InChI=1S/C19H17N3O3/c1-4-12-10-13(20-3)6-7-15(12)22-17-14-8-9-21-11-16(14)25-18(17)19(23)24-5-2/h6-11,22H,4-5H2,1-2H3. The smallest absolute Gasteiger partial charge is 0.376 e. The van der Waals surface area contributed by atoms with Crippen molar-refractivity contribution in [1.29, 1.82) is 0 Å². The molecule has 6 nitrogen and oxygen atoms in total. The highest BCUT2D eigenvalue weighted by Crippen LogP contribution is 2.35. The fraction of sp³-hybridized carbons (Fsp3) is 0.211. The number of aromatic nitrogens is 1. The van der Waals surface area contributed by atoms with Crippen LogP contribution in [0.4, 0.5) is 17.1 Å². The number of esters is 1. The number of carbonyl (C=O) groups excluding carboxylic acids is 1. The Labute approximate surface area is 145 Å². The maximum Gasteiger partial charge on any atom is 0.376 e. The highest BCUT2D eigenvalue weighted by atomic mass is 16.5. The molecule has 0 aliphatic carbocycles. The van der Waals surface area contributed by atoms with E-state index in [2.05, 4.69) is 15.1 Å². The van der Waals surface area contributed by atoms with Crippen molar-refractivity contribution in [3.05, 3.63) is 59.4 Å². The third-order valence-electron chi connectivity index (χ3n) is 3.81. The summed E-state index contributed by atoms with van der Waals surface area (Å²) in [5.74, 6) is -0.418. The van der Waals surface area contributed by atoms with Gasteiger partial charge in [-0.25, -0.2) is 9.64 Å². The average molecular weight is 335 g/mol. The molecule has 2 heterocycles. The molecule has 0 unspecified atom stereocenters. The van der Waals surface area contributed by atoms with E-state index in [9.17, 15) is 4.79 Å². The van der Waals surface area contributed by atoms with Gasteiger partial charge in [-0.05, 0) is 31.0 Å². The largest absolute Gasteiger partial charge is 0.460 e. The number of furan rings is 1. The minimum Gasteiger partial charge on any atom is -0.460 e. The third-order valence-corrected chi connectivity index (χ3v) is 3.81. The summed E-state index contributed by atoms with van der Waals surface area (Å²) in [6, 6.07) is 7.19. The van der Waals surface area contributed by atoms with Crippen LogP contribution in [0, 0.1) is 6.57 Å². The molecule has 0 bridgehead atoms. The lowest BCUT2D eigenvalue weighted by atomic mass is 10.1. The Bertz CT molecular complexity index is 970. The molecule has 1 N–H and O–H groups in total. The Morgan fingerprint density at radius 2 is 2.20 bits per heavy atom. The van der Waals surface area contributed by atoms with E-state index in [-0.39, 0.29) is 12.4 Å². The molecule has 0 atom stereocenters. The second-order valence-electron chi connectivity index (χ2n) is 5.33. The fourth-order valence-electron chi connectivity index (χ4n) is 2.61. The van der Waals surface area contributed by atoms with Gasteiger partial charge in [-0.2, -0.15) is 0 Å². The van der Waals surface area contributed by atoms with E-state index >= 15 is 0 Å². The maximum absolute atomic E-state index is 12.3. The van der Waals surface area contributed by atoms with Crippen molar-refractivity contribution >= 4 is 34.0 Å². The summed E-state index contributed by atoms with van der Waals surface area (Å²) in [6.07, 6.45) is 3.95. The average Bonchev–Trinajstić information content (AvgIpc) is 3.01. The van der Waals surface area contributed by atoms with Crippen LogP contribution in [0.25, 0.3) is 15.8 Å². The summed E-state index contributed by atoms with van der Waals surface area (Å²) in [6.45, 7) is 11.2. The van der Waals surface area contributed by atoms with Crippen LogP contribution >= 0.6 is 0 Å². The number of rotatable bonds is 5. The van der Waals surface area contributed by atoms with E-state index in [4.69, 9.17) is 15.7 Å². The van der Waals surface area contributed by atoms with Gasteiger partial charge in [0.2, 0.25) is 5.76 Å². The predicted molar refractivity (Wildman–Crippen MR) is 95.3 cm³/mol. The first-order valence-corrected chi connectivity index (χ1v) is 7.99. The minimum atomic E-state index is -0.531. The number of pyridine rings is 1. The zero-order chi connectivity index (χ0) is 17.8. The van der Waals surface area contributed by atoms with Gasteiger partial charge in [0, 0.05) is 17.3 Å². The molecule has 0 radical (unpaired) electrons. The van der Waals surface area contributed by atoms with E-state index in [1.807, 2.05) is 19.1 Å². The van der Waals surface area contributed by atoms with Crippen LogP contribution in [-0.4, -0.2) is 17.6 Å². The molecular weight excluding hydrogens is 318 g/mol. The molecule has 1 aromatic carbocycles. The number of aryl methyl sites for hydroxylation is 1. The number of carbonyl (C=O) groups is 1. The molecule has 25 heavy (non-hydrogen) atoms. The second kappa shape index (κ2) is 7.05. The van der Waals surface area contributed by atoms with E-state index in [1.54, 1.807) is 31.5 Å². The first kappa shape index (κ1) is 16.5. The van der Waals surface area contributed by atoms with Crippen LogP contribution in [0.2, 0.25) is 0 Å². The molecule has 2 aromatic heterocycles. The topological polar surface area (TPSA) is 68.7 Å². The van der Waals surface area contributed by atoms with Crippen molar-refractivity contribution in [3.8, 4) is 0 Å². The normalized spacial score (nSPS) is 10.4. The number of fused-ring (bicyclic) bond motifs is 1. The first-order valence-electron chi connectivity index (χ1n) is 7.99. The molecule has 0 fully saturated rings. The molecule has 0 spiro atoms. The molecule has 0 amide bonds. The zero-order valence-electron chi connectivity index (χ0n) is 14.0. The number of hydrogen-bond donors (Lipinski definition) is 1. The van der Waals surface area contributed by atoms with Gasteiger partial charge in [0.25, 0.3) is 0 Å². The number of nitrogens with zero attached hydrogens (tertiary/aromatic N) is 2. The molecule has 3 aromatic rings. The molecule has 0 saturated heterocycles. The quantitative estimate of drug-likeness (QED) is 0.532. The van der Waals surface area contributed by atoms with Gasteiger partial charge in [-0.3, -0.25) is 4.98 Å². The molecule has 6 heteroatoms. The molecular formula is C19H17N3O3. The highest BCUT2D eigenvalue weighted by molar-refractivity contribution is 6.05. The maximum atomic E-state index is 12.3. The first-order chi connectivity index (χ1) is 12.2. The van der Waals surface area contributed by atoms with Gasteiger partial charge in [0.1, 0.15) is 5.69 Å². The Kier molecular flexibility index (Phi) is 4.66. The van der Waals surface area contributed by atoms with Gasteiger partial charge < -0.3 is 14.5 Å². The number of benzene rings is 1. The summed E-state index contributed by atoms with van der Waals surface area (Å²) >= 11 is 0. The number of nitrogens with one attached hydrogen (secondary N) is 1. The van der Waals surface area contributed by atoms with Gasteiger partial charge in [-0.15, -0.1) is 0 Å². The fourth-order valence-corrected chi connectivity index (χ4v) is 2.61. The lowest BCUT2D eigenvalue weighted by Crippen LogP contribution is -2.06. The zero-order valence-corrected chi connectivity index (χ0v) is 14.0. The number of hydrogen-bond acceptors (Lipinski definition) is 5. The van der Waals surface area contributed by atoms with E-state index in [0.29, 0.717) is 17.0 Å². The van der Waals surface area contributed by atoms with Crippen molar-refractivity contribution in [2.24, 2.45) is 0 Å². The molecule has 0 saturated carbocycles. The van der Waals surface area contributed by atoms with E-state index in [1.165, 1.54) is 0 Å². The van der Waals surface area contributed by atoms with Crippen LogP contribution in [0.3, 0.4) is 0 Å². The number of anilines is 2. The van der Waals surface area contributed by atoms with Crippen LogP contribution in [0.1, 0.15) is 30.0 Å². The Morgan fingerprint density at radius 1 is 1.36 bits per heavy atom. The predicted octanol–water partition coefficient (Wildman–Crippen LogP) is 4.86. The van der Waals surface area contributed by atoms with Crippen molar-refractivity contribution < 1.29 is 13.9 Å². The monoisotopic (exact) mass is 335 g/mol. The van der Waals surface area contributed by atoms with Crippen molar-refractivity contribution in [3.63, 3.8) is 0 Å². The van der Waals surface area contributed by atoms with E-state index in [0.717, 1.165) is 23.1 Å². The molecule has 0 aliphatic rings. The summed E-state index contributed by atoms with van der Waals surface area (Å²) < 4.78 is 10.8. The third kappa shape index (κ3) is 3.17. The van der Waals surface area contributed by atoms with Crippen molar-refractivity contribution in [2.45, 2.75) is 20.3 Å².